The summed E-state index contributed by atoms with van der Waals surface area (Å²) in [6.07, 6.45) is 1.28. The number of aromatic amines is 1. The number of hydrogen-bond acceptors (Lipinski definition) is 5. The average molecular weight is 309 g/mol. The lowest BCUT2D eigenvalue weighted by molar-refractivity contribution is -0.386. The van der Waals surface area contributed by atoms with E-state index in [0.717, 1.165) is 10.8 Å². The molecule has 1 aromatic heterocycles. The quantitative estimate of drug-likeness (QED) is 0.487. The maximum atomic E-state index is 12.7. The van der Waals surface area contributed by atoms with Gasteiger partial charge in [-0.3, -0.25) is 24.5 Å². The van der Waals surface area contributed by atoms with E-state index in [1.807, 2.05) is 4.98 Å². The number of aryl methyl sites for hydroxylation is 1. The molecule has 0 fully saturated rings. The van der Waals surface area contributed by atoms with E-state index in [9.17, 15) is 24.1 Å². The highest BCUT2D eigenvalue weighted by molar-refractivity contribution is 5.22. The van der Waals surface area contributed by atoms with Crippen LogP contribution in [0, 0.1) is 15.9 Å². The van der Waals surface area contributed by atoms with E-state index >= 15 is 0 Å². The molecular formula is C13H12FN3O5. The molecule has 0 atom stereocenters. The number of nitro groups is 1. The molecule has 0 aliphatic heterocycles. The molecule has 0 radical (unpaired) electrons. The summed E-state index contributed by atoms with van der Waals surface area (Å²) in [4.78, 5) is 34.4. The van der Waals surface area contributed by atoms with Crippen molar-refractivity contribution in [2.24, 2.45) is 0 Å². The second-order valence-electron chi connectivity index (χ2n) is 4.38. The van der Waals surface area contributed by atoms with Crippen molar-refractivity contribution in [2.75, 3.05) is 6.61 Å². The van der Waals surface area contributed by atoms with Crippen LogP contribution >= 0.6 is 0 Å². The van der Waals surface area contributed by atoms with Gasteiger partial charge in [0.2, 0.25) is 0 Å². The standard InChI is InChI=1S/C13H12FN3O5/c14-9-2-4-10(5-3-9)22-7-1-6-16-8-11(17(20)21)12(18)15-13(16)19/h2-5,8H,1,6-7H2,(H,15,18,19). The Morgan fingerprint density at radius 2 is 1.95 bits per heavy atom. The molecule has 2 aromatic rings. The number of rotatable bonds is 6. The highest BCUT2D eigenvalue weighted by Gasteiger charge is 2.14. The van der Waals surface area contributed by atoms with Crippen molar-refractivity contribution < 1.29 is 14.1 Å². The number of halogens is 1. The number of benzene rings is 1. The van der Waals surface area contributed by atoms with Gasteiger partial charge in [0.1, 0.15) is 11.6 Å². The first kappa shape index (κ1) is 15.4. The number of hydrogen-bond donors (Lipinski definition) is 1. The number of nitrogens with one attached hydrogen (secondary N) is 1. The third-order valence-corrected chi connectivity index (χ3v) is 2.81. The molecule has 0 aliphatic carbocycles. The van der Waals surface area contributed by atoms with Gasteiger partial charge in [-0.05, 0) is 30.7 Å². The highest BCUT2D eigenvalue weighted by Crippen LogP contribution is 2.11. The Hall–Kier alpha value is -2.97. The van der Waals surface area contributed by atoms with Crippen molar-refractivity contribution >= 4 is 5.69 Å². The molecule has 22 heavy (non-hydrogen) atoms. The van der Waals surface area contributed by atoms with Gasteiger partial charge in [0.25, 0.3) is 0 Å². The molecule has 116 valence electrons. The number of ether oxygens (including phenoxy) is 1. The zero-order valence-electron chi connectivity index (χ0n) is 11.3. The second kappa shape index (κ2) is 6.66. The zero-order valence-corrected chi connectivity index (χ0v) is 11.3. The van der Waals surface area contributed by atoms with Crippen molar-refractivity contribution in [3.8, 4) is 5.75 Å². The van der Waals surface area contributed by atoms with Crippen LogP contribution in [0.1, 0.15) is 6.42 Å². The topological polar surface area (TPSA) is 107 Å². The van der Waals surface area contributed by atoms with Gasteiger partial charge in [0.05, 0.1) is 17.7 Å². The Balaban J connectivity index is 1.95. The van der Waals surface area contributed by atoms with Crippen molar-refractivity contribution in [2.45, 2.75) is 13.0 Å². The summed E-state index contributed by atoms with van der Waals surface area (Å²) in [6, 6.07) is 5.44. The largest absolute Gasteiger partial charge is 0.494 e. The minimum Gasteiger partial charge on any atom is -0.494 e. The summed E-state index contributed by atoms with van der Waals surface area (Å²) >= 11 is 0. The molecular weight excluding hydrogens is 297 g/mol. The van der Waals surface area contributed by atoms with Crippen LogP contribution in [-0.4, -0.2) is 21.1 Å². The lowest BCUT2D eigenvalue weighted by Gasteiger charge is -2.07. The average Bonchev–Trinajstić information content (AvgIpc) is 2.47. The predicted molar refractivity (Wildman–Crippen MR) is 74.5 cm³/mol. The highest BCUT2D eigenvalue weighted by atomic mass is 19.1. The van der Waals surface area contributed by atoms with Crippen molar-refractivity contribution in [3.05, 3.63) is 67.2 Å². The van der Waals surface area contributed by atoms with Gasteiger partial charge in [-0.1, -0.05) is 0 Å². The summed E-state index contributed by atoms with van der Waals surface area (Å²) < 4.78 is 19.1. The summed E-state index contributed by atoms with van der Waals surface area (Å²) in [7, 11) is 0. The molecule has 2 rings (SSSR count). The minimum atomic E-state index is -1.03. The fourth-order valence-electron chi connectivity index (χ4n) is 1.75. The zero-order chi connectivity index (χ0) is 16.1. The Morgan fingerprint density at radius 3 is 2.59 bits per heavy atom. The van der Waals surface area contributed by atoms with E-state index in [1.54, 1.807) is 0 Å². The summed E-state index contributed by atoms with van der Waals surface area (Å²) in [5.41, 5.74) is -2.45. The molecule has 0 saturated carbocycles. The lowest BCUT2D eigenvalue weighted by Crippen LogP contribution is -2.31. The van der Waals surface area contributed by atoms with E-state index < -0.39 is 21.9 Å². The molecule has 0 saturated heterocycles. The van der Waals surface area contributed by atoms with Gasteiger partial charge in [0, 0.05) is 6.54 Å². The molecule has 0 aliphatic rings. The van der Waals surface area contributed by atoms with Crippen LogP contribution in [0.2, 0.25) is 0 Å². The fraction of sp³-hybridized carbons (Fsp3) is 0.231. The first-order valence-electron chi connectivity index (χ1n) is 6.34. The van der Waals surface area contributed by atoms with E-state index in [0.29, 0.717) is 12.2 Å². The number of nitrogens with zero attached hydrogens (tertiary/aromatic N) is 2. The van der Waals surface area contributed by atoms with Gasteiger partial charge in [-0.2, -0.15) is 0 Å². The van der Waals surface area contributed by atoms with E-state index in [4.69, 9.17) is 4.74 Å². The van der Waals surface area contributed by atoms with Gasteiger partial charge >= 0.3 is 16.9 Å². The molecule has 1 aromatic carbocycles. The second-order valence-corrected chi connectivity index (χ2v) is 4.38. The Kier molecular flexibility index (Phi) is 4.66. The minimum absolute atomic E-state index is 0.137. The maximum absolute atomic E-state index is 12.7. The Labute approximate surface area is 122 Å². The summed E-state index contributed by atoms with van der Waals surface area (Å²) in [6.45, 7) is 0.364. The number of H-pyrrole nitrogens is 1. The summed E-state index contributed by atoms with van der Waals surface area (Å²) in [5, 5.41) is 10.6. The fourth-order valence-corrected chi connectivity index (χ4v) is 1.75. The van der Waals surface area contributed by atoms with Crippen molar-refractivity contribution in [3.63, 3.8) is 0 Å². The molecule has 0 amide bonds. The van der Waals surface area contributed by atoms with Gasteiger partial charge in [-0.25, -0.2) is 9.18 Å². The first-order chi connectivity index (χ1) is 10.5. The SMILES string of the molecule is O=c1[nH]c(=O)n(CCCOc2ccc(F)cc2)cc1[N+](=O)[O-]. The van der Waals surface area contributed by atoms with E-state index in [1.165, 1.54) is 24.3 Å². The molecule has 9 heteroatoms. The molecule has 0 bridgehead atoms. The lowest BCUT2D eigenvalue weighted by atomic mass is 10.3. The Morgan fingerprint density at radius 1 is 1.27 bits per heavy atom. The summed E-state index contributed by atoms with van der Waals surface area (Å²) in [5.74, 6) is 0.0978. The van der Waals surface area contributed by atoms with E-state index in [-0.39, 0.29) is 19.0 Å². The van der Waals surface area contributed by atoms with Crippen LogP contribution in [0.3, 0.4) is 0 Å². The van der Waals surface area contributed by atoms with Crippen LogP contribution < -0.4 is 16.0 Å². The van der Waals surface area contributed by atoms with Crippen molar-refractivity contribution in [1.82, 2.24) is 9.55 Å². The maximum Gasteiger partial charge on any atom is 0.350 e. The van der Waals surface area contributed by atoms with Gasteiger partial charge < -0.3 is 4.74 Å². The van der Waals surface area contributed by atoms with Crippen LogP contribution in [-0.2, 0) is 6.54 Å². The normalized spacial score (nSPS) is 10.4. The van der Waals surface area contributed by atoms with Crippen LogP contribution in [0.15, 0.2) is 40.1 Å². The third-order valence-electron chi connectivity index (χ3n) is 2.81. The Bertz CT molecular complexity index is 781. The van der Waals surface area contributed by atoms with Crippen LogP contribution in [0.4, 0.5) is 10.1 Å². The smallest absolute Gasteiger partial charge is 0.350 e. The van der Waals surface area contributed by atoms with Crippen LogP contribution in [0.25, 0.3) is 0 Å². The molecule has 0 unspecified atom stereocenters. The van der Waals surface area contributed by atoms with Gasteiger partial charge in [0.15, 0.2) is 0 Å². The van der Waals surface area contributed by atoms with Gasteiger partial charge in [-0.15, -0.1) is 0 Å². The first-order valence-corrected chi connectivity index (χ1v) is 6.34. The molecule has 1 N–H and O–H groups in total. The van der Waals surface area contributed by atoms with E-state index in [2.05, 4.69) is 0 Å². The molecule has 8 nitrogen and oxygen atoms in total. The number of aromatic nitrogens is 2. The monoisotopic (exact) mass is 309 g/mol. The molecule has 1 heterocycles. The van der Waals surface area contributed by atoms with Crippen molar-refractivity contribution in [1.29, 1.82) is 0 Å². The third kappa shape index (κ3) is 3.78. The predicted octanol–water partition coefficient (Wildman–Crippen LogP) is 1.05. The molecule has 0 spiro atoms. The van der Waals surface area contributed by atoms with Crippen LogP contribution in [0.5, 0.6) is 5.75 Å².